The Hall–Kier alpha value is -3.49. The molecule has 354 valence electrons. The second kappa shape index (κ2) is 20.0. The lowest BCUT2D eigenvalue weighted by Crippen LogP contribution is -2.65. The third kappa shape index (κ3) is 9.78. The number of pyridine rings is 1. The summed E-state index contributed by atoms with van der Waals surface area (Å²) in [6, 6.07) is 13.8. The summed E-state index contributed by atoms with van der Waals surface area (Å²) in [5.74, 6) is -0.142. The number of para-hydroxylation sites is 1. The van der Waals surface area contributed by atoms with Crippen LogP contribution in [0.1, 0.15) is 124 Å². The molecule has 8 rings (SSSR count). The fraction of sp³-hybridized carbons (Fsp3) is 0.596. The monoisotopic (exact) mass is 1020 g/mol. The first-order chi connectivity index (χ1) is 30.8. The summed E-state index contributed by atoms with van der Waals surface area (Å²) in [7, 11) is 0. The molecule has 0 radical (unpaired) electrons. The highest BCUT2D eigenvalue weighted by atomic mass is 79.9. The first kappa shape index (κ1) is 49.4. The Bertz CT molecular complexity index is 2380. The summed E-state index contributed by atoms with van der Waals surface area (Å²) >= 11 is 7.23. The second-order valence-electron chi connectivity index (χ2n) is 20.6. The number of carboxylic acid groups (broad SMARTS) is 1. The van der Waals surface area contributed by atoms with Gasteiger partial charge >= 0.3 is 11.9 Å². The minimum absolute atomic E-state index is 0.0393. The Morgan fingerprint density at radius 1 is 0.969 bits per heavy atom. The lowest BCUT2D eigenvalue weighted by atomic mass is 9.36. The SMILES string of the molecule is CC(=O)O[C@H]1C[C@@]2(C)[C@@H](CC(O)C3[C@]2(C)CC[C@H]2[C@H](C)[C@H](O)CC[C@]32C)/C1=C(/CCC=C(C)C)C(=O)O.O=c1cc(NCCCNC2CCNc3c(Br)cc(Br)cc32)[nH]c2ccccc12. The van der Waals surface area contributed by atoms with Gasteiger partial charge in [-0.25, -0.2) is 4.79 Å². The number of fused-ring (bicyclic) bond motifs is 7. The molecule has 4 fully saturated rings. The predicted octanol–water partition coefficient (Wildman–Crippen LogP) is 10.7. The molecule has 4 saturated carbocycles. The van der Waals surface area contributed by atoms with Gasteiger partial charge in [-0.2, -0.15) is 0 Å². The maximum Gasteiger partial charge on any atom is 0.331 e. The van der Waals surface area contributed by atoms with Gasteiger partial charge in [0.05, 0.1) is 23.4 Å². The number of aromatic amines is 1. The fourth-order valence-corrected chi connectivity index (χ4v) is 14.8. The Morgan fingerprint density at radius 2 is 1.72 bits per heavy atom. The number of rotatable bonds is 11. The number of aliphatic carboxylic acids is 1. The van der Waals surface area contributed by atoms with Crippen LogP contribution in [0, 0.1) is 39.9 Å². The van der Waals surface area contributed by atoms with Crippen LogP contribution < -0.4 is 21.4 Å². The molecule has 0 spiro atoms. The molecule has 11 nitrogen and oxygen atoms in total. The van der Waals surface area contributed by atoms with E-state index in [-0.39, 0.29) is 45.5 Å². The van der Waals surface area contributed by atoms with E-state index in [0.717, 1.165) is 95.0 Å². The zero-order valence-electron chi connectivity index (χ0n) is 39.2. The number of aromatic nitrogens is 1. The van der Waals surface area contributed by atoms with Crippen molar-refractivity contribution in [3.05, 3.63) is 90.0 Å². The van der Waals surface area contributed by atoms with E-state index in [9.17, 15) is 29.7 Å². The number of nitrogens with one attached hydrogen (secondary N) is 4. The number of anilines is 2. The quantitative estimate of drug-likeness (QED) is 0.0424. The Morgan fingerprint density at radius 3 is 2.45 bits per heavy atom. The highest BCUT2D eigenvalue weighted by Crippen LogP contribution is 2.74. The van der Waals surface area contributed by atoms with Gasteiger partial charge in [-0.3, -0.25) is 9.59 Å². The molecule has 2 aromatic carbocycles. The summed E-state index contributed by atoms with van der Waals surface area (Å²) in [4.78, 5) is 40.3. The summed E-state index contributed by atoms with van der Waals surface area (Å²) in [6.07, 6.45) is 8.24. The number of aliphatic hydroxyl groups excluding tert-OH is 2. The maximum atomic E-state index is 12.6. The number of carbonyl (C=O) groups excluding carboxylic acids is 1. The van der Waals surface area contributed by atoms with Crippen LogP contribution >= 0.6 is 31.9 Å². The van der Waals surface area contributed by atoms with Crippen LogP contribution in [0.25, 0.3) is 10.9 Å². The lowest BCUT2D eigenvalue weighted by Gasteiger charge is -2.69. The zero-order valence-corrected chi connectivity index (χ0v) is 42.3. The van der Waals surface area contributed by atoms with Crippen molar-refractivity contribution < 1.29 is 29.6 Å². The largest absolute Gasteiger partial charge is 0.478 e. The number of H-pyrrole nitrogens is 1. The van der Waals surface area contributed by atoms with Gasteiger partial charge in [0.25, 0.3) is 0 Å². The fourth-order valence-electron chi connectivity index (χ4n) is 13.4. The van der Waals surface area contributed by atoms with E-state index >= 15 is 0 Å². The standard InChI is InChI=1S/C31H48O6.C21H22Br2N4O/c1-17(2)9-8-10-20(28(35)36)26-22-15-24(34)27-29(5)13-12-23(33)18(3)21(29)11-14-30(27,6)31(22,7)16-25(26)37-19(4)32;22-13-10-15-17(6-9-26-21(15)16(23)11-13)24-7-3-8-25-20-12-19(28)14-4-1-2-5-18(14)27-20/h9,18,21-25,27,33-34H,8,10-16H2,1-7H3,(H,35,36);1-2,4-5,10-12,17,24,26H,3,6-9H2,(H2,25,27,28)/b26-20+;/t18-,21-,22-,23+,24?,25-,27?,29-,30-,31-;/m0./s1. The first-order valence-electron chi connectivity index (χ1n) is 23.7. The molecule has 11 atom stereocenters. The number of ether oxygens (including phenoxy) is 1. The number of carboxylic acids is 1. The predicted molar refractivity (Wildman–Crippen MR) is 266 cm³/mol. The van der Waals surface area contributed by atoms with E-state index in [4.69, 9.17) is 4.74 Å². The van der Waals surface area contributed by atoms with E-state index in [1.165, 1.54) is 18.2 Å². The third-order valence-corrected chi connectivity index (χ3v) is 17.6. The molecule has 13 heteroatoms. The number of halogens is 2. The summed E-state index contributed by atoms with van der Waals surface area (Å²) in [5.41, 5.74) is 4.94. The van der Waals surface area contributed by atoms with Gasteiger partial charge in [0, 0.05) is 52.0 Å². The number of benzene rings is 2. The van der Waals surface area contributed by atoms with E-state index < -0.39 is 24.1 Å². The molecule has 0 saturated heterocycles. The highest BCUT2D eigenvalue weighted by molar-refractivity contribution is 9.11. The van der Waals surface area contributed by atoms with Gasteiger partial charge in [0.15, 0.2) is 5.43 Å². The van der Waals surface area contributed by atoms with E-state index in [1.807, 2.05) is 44.2 Å². The molecule has 1 aromatic heterocycles. The van der Waals surface area contributed by atoms with Crippen LogP contribution in [0.15, 0.2) is 79.0 Å². The molecular weight excluding hydrogens is 952 g/mol. The van der Waals surface area contributed by atoms with Crippen molar-refractivity contribution >= 4 is 66.2 Å². The number of allylic oxidation sites excluding steroid dienone is 2. The van der Waals surface area contributed by atoms with Gasteiger partial charge < -0.3 is 41.0 Å². The van der Waals surface area contributed by atoms with Crippen molar-refractivity contribution in [2.45, 2.75) is 137 Å². The second-order valence-corrected chi connectivity index (χ2v) is 22.4. The molecule has 65 heavy (non-hydrogen) atoms. The van der Waals surface area contributed by atoms with Crippen molar-refractivity contribution in [1.29, 1.82) is 0 Å². The van der Waals surface area contributed by atoms with Gasteiger partial charge in [-0.05, 0) is 176 Å². The van der Waals surface area contributed by atoms with Crippen molar-refractivity contribution in [1.82, 2.24) is 10.3 Å². The number of esters is 1. The smallest absolute Gasteiger partial charge is 0.331 e. The first-order valence-corrected chi connectivity index (χ1v) is 25.3. The number of hydrogen-bond acceptors (Lipinski definition) is 9. The molecule has 3 aromatic rings. The van der Waals surface area contributed by atoms with Crippen LogP contribution in [0.3, 0.4) is 0 Å². The van der Waals surface area contributed by atoms with Crippen molar-refractivity contribution in [2.24, 2.45) is 39.9 Å². The third-order valence-electron chi connectivity index (χ3n) is 16.6. The number of carbonyl (C=O) groups is 2. The molecule has 4 aliphatic carbocycles. The summed E-state index contributed by atoms with van der Waals surface area (Å²) < 4.78 is 8.04. The molecule has 3 unspecified atom stereocenters. The highest BCUT2D eigenvalue weighted by Gasteiger charge is 2.70. The van der Waals surface area contributed by atoms with Crippen LogP contribution in [0.5, 0.6) is 0 Å². The van der Waals surface area contributed by atoms with Gasteiger partial charge in [-0.1, -0.05) is 67.4 Å². The van der Waals surface area contributed by atoms with Crippen LogP contribution in [-0.2, 0) is 14.3 Å². The maximum absolute atomic E-state index is 12.6. The summed E-state index contributed by atoms with van der Waals surface area (Å²) in [5, 5.41) is 44.1. The molecule has 1 aliphatic heterocycles. The minimum atomic E-state index is -0.953. The molecular formula is C52H70Br2N4O7. The Balaban J connectivity index is 0.000000201. The summed E-state index contributed by atoms with van der Waals surface area (Å²) in [6.45, 7) is 17.1. The number of hydrogen-bond donors (Lipinski definition) is 7. The van der Waals surface area contributed by atoms with Crippen molar-refractivity contribution in [2.75, 3.05) is 30.3 Å². The molecule has 5 aliphatic rings. The zero-order chi connectivity index (χ0) is 47.0. The molecule has 0 amide bonds. The van der Waals surface area contributed by atoms with Crippen molar-refractivity contribution in [3.63, 3.8) is 0 Å². The minimum Gasteiger partial charge on any atom is -0.478 e. The molecule has 2 heterocycles. The average molecular weight is 1020 g/mol. The molecule has 7 N–H and O–H groups in total. The van der Waals surface area contributed by atoms with Crippen LogP contribution in [-0.4, -0.2) is 70.2 Å². The van der Waals surface area contributed by atoms with Gasteiger partial charge in [0.2, 0.25) is 0 Å². The van der Waals surface area contributed by atoms with Crippen LogP contribution in [0.4, 0.5) is 11.5 Å². The molecule has 0 bridgehead atoms. The van der Waals surface area contributed by atoms with Crippen LogP contribution in [0.2, 0.25) is 0 Å². The average Bonchev–Trinajstić information content (AvgIpc) is 3.51. The lowest BCUT2D eigenvalue weighted by molar-refractivity contribution is -0.234. The van der Waals surface area contributed by atoms with E-state index in [1.54, 1.807) is 6.07 Å². The van der Waals surface area contributed by atoms with Gasteiger partial charge in [-0.15, -0.1) is 0 Å². The van der Waals surface area contributed by atoms with E-state index in [2.05, 4.69) is 92.6 Å². The topological polar surface area (TPSA) is 173 Å². The van der Waals surface area contributed by atoms with E-state index in [0.29, 0.717) is 43.2 Å². The normalized spacial score (nSPS) is 33.2. The Labute approximate surface area is 401 Å². The van der Waals surface area contributed by atoms with Gasteiger partial charge in [0.1, 0.15) is 11.9 Å². The number of aliphatic hydroxyl groups is 2. The Kier molecular flexibility index (Phi) is 15.2. The van der Waals surface area contributed by atoms with Crippen molar-refractivity contribution in [3.8, 4) is 0 Å².